The zero-order chi connectivity index (χ0) is 23.9. The van der Waals surface area contributed by atoms with Gasteiger partial charge in [0.25, 0.3) is 5.91 Å². The topological polar surface area (TPSA) is 80.0 Å². The van der Waals surface area contributed by atoms with Gasteiger partial charge < -0.3 is 19.2 Å². The molecule has 3 aromatic rings. The Morgan fingerprint density at radius 3 is 2.62 bits per heavy atom. The summed E-state index contributed by atoms with van der Waals surface area (Å²) in [5, 5.41) is 10.8. The molecule has 2 aromatic carbocycles. The van der Waals surface area contributed by atoms with Crippen LogP contribution in [-0.2, 0) is 11.2 Å². The van der Waals surface area contributed by atoms with E-state index in [9.17, 15) is 14.7 Å². The number of benzene rings is 2. The SMILES string of the molecule is CCCCCOc1cccc(C2C(C(=O)c3ccco3)=C(O)C(=O)N2CCc2ccccc2)c1. The van der Waals surface area contributed by atoms with Gasteiger partial charge in [-0.05, 0) is 48.2 Å². The molecule has 4 rings (SSSR count). The number of aliphatic hydroxyl groups is 1. The molecule has 0 spiro atoms. The molecule has 0 fully saturated rings. The first-order chi connectivity index (χ1) is 16.6. The highest BCUT2D eigenvalue weighted by molar-refractivity contribution is 6.15. The number of aliphatic hydroxyl groups excluding tert-OH is 1. The monoisotopic (exact) mass is 459 g/mol. The lowest BCUT2D eigenvalue weighted by molar-refractivity contribution is -0.129. The summed E-state index contributed by atoms with van der Waals surface area (Å²) in [4.78, 5) is 28.0. The van der Waals surface area contributed by atoms with Crippen LogP contribution in [-0.4, -0.2) is 34.8 Å². The molecule has 1 amide bonds. The number of ketones is 1. The molecule has 0 saturated heterocycles. The summed E-state index contributed by atoms with van der Waals surface area (Å²) in [6.45, 7) is 3.07. The van der Waals surface area contributed by atoms with Crippen molar-refractivity contribution >= 4 is 11.7 Å². The third-order valence-corrected chi connectivity index (χ3v) is 5.97. The van der Waals surface area contributed by atoms with Gasteiger partial charge in [-0.1, -0.05) is 62.2 Å². The molecule has 176 valence electrons. The molecular weight excluding hydrogens is 430 g/mol. The molecule has 0 bridgehead atoms. The minimum absolute atomic E-state index is 0.0242. The van der Waals surface area contributed by atoms with Crippen molar-refractivity contribution in [2.45, 2.75) is 38.6 Å². The fraction of sp³-hybridized carbons (Fsp3) is 0.286. The Kier molecular flexibility index (Phi) is 7.48. The molecule has 6 heteroatoms. The second-order valence-corrected chi connectivity index (χ2v) is 8.33. The van der Waals surface area contributed by atoms with Gasteiger partial charge in [0.05, 0.1) is 24.5 Å². The maximum Gasteiger partial charge on any atom is 0.290 e. The lowest BCUT2D eigenvalue weighted by atomic mass is 9.94. The third kappa shape index (κ3) is 5.06. The van der Waals surface area contributed by atoms with E-state index in [2.05, 4.69) is 6.92 Å². The molecule has 1 aromatic heterocycles. The number of furan rings is 1. The van der Waals surface area contributed by atoms with Gasteiger partial charge >= 0.3 is 0 Å². The number of amides is 1. The summed E-state index contributed by atoms with van der Waals surface area (Å²) in [5.74, 6) is -0.854. The number of rotatable bonds is 11. The molecule has 1 unspecified atom stereocenters. The van der Waals surface area contributed by atoms with E-state index < -0.39 is 23.5 Å². The maximum atomic E-state index is 13.3. The van der Waals surface area contributed by atoms with E-state index in [1.54, 1.807) is 11.0 Å². The summed E-state index contributed by atoms with van der Waals surface area (Å²) in [5.41, 5.74) is 1.79. The number of nitrogens with zero attached hydrogens (tertiary/aromatic N) is 1. The van der Waals surface area contributed by atoms with Gasteiger partial charge in [0.15, 0.2) is 11.5 Å². The van der Waals surface area contributed by atoms with Gasteiger partial charge in [-0.3, -0.25) is 9.59 Å². The van der Waals surface area contributed by atoms with E-state index in [-0.39, 0.29) is 11.3 Å². The highest BCUT2D eigenvalue weighted by Crippen LogP contribution is 2.40. The largest absolute Gasteiger partial charge is 0.503 e. The zero-order valence-electron chi connectivity index (χ0n) is 19.3. The standard InChI is InChI=1S/C28H29NO5/c1-2-3-7-17-33-22-13-8-12-21(19-22)25-24(26(30)23-14-9-18-34-23)27(31)28(32)29(25)16-15-20-10-5-4-6-11-20/h4-6,8-14,18-19,25,31H,2-3,7,15-17H2,1H3. The van der Waals surface area contributed by atoms with Crippen LogP contribution in [0.3, 0.4) is 0 Å². The van der Waals surface area contributed by atoms with Crippen LogP contribution in [0.2, 0.25) is 0 Å². The zero-order valence-corrected chi connectivity index (χ0v) is 19.3. The molecule has 1 atom stereocenters. The first-order valence-electron chi connectivity index (χ1n) is 11.7. The minimum Gasteiger partial charge on any atom is -0.503 e. The number of carbonyl (C=O) groups excluding carboxylic acids is 2. The summed E-state index contributed by atoms with van der Waals surface area (Å²) >= 11 is 0. The Balaban J connectivity index is 1.65. The molecule has 34 heavy (non-hydrogen) atoms. The van der Waals surface area contributed by atoms with Crippen LogP contribution in [0.15, 0.2) is 88.7 Å². The summed E-state index contributed by atoms with van der Waals surface area (Å²) in [7, 11) is 0. The lowest BCUT2D eigenvalue weighted by Gasteiger charge is -2.27. The number of carbonyl (C=O) groups is 2. The second kappa shape index (κ2) is 10.9. The summed E-state index contributed by atoms with van der Waals surface area (Å²) < 4.78 is 11.2. The lowest BCUT2D eigenvalue weighted by Crippen LogP contribution is -2.33. The third-order valence-electron chi connectivity index (χ3n) is 5.97. The van der Waals surface area contributed by atoms with E-state index >= 15 is 0 Å². The molecule has 1 aliphatic heterocycles. The van der Waals surface area contributed by atoms with Gasteiger partial charge in [-0.2, -0.15) is 0 Å². The fourth-order valence-corrected chi connectivity index (χ4v) is 4.21. The molecule has 1 N–H and O–H groups in total. The fourth-order valence-electron chi connectivity index (χ4n) is 4.21. The van der Waals surface area contributed by atoms with Gasteiger partial charge in [-0.15, -0.1) is 0 Å². The molecule has 0 saturated carbocycles. The predicted molar refractivity (Wildman–Crippen MR) is 129 cm³/mol. The molecule has 6 nitrogen and oxygen atoms in total. The number of hydrogen-bond acceptors (Lipinski definition) is 5. The smallest absolute Gasteiger partial charge is 0.290 e. The number of hydrogen-bond donors (Lipinski definition) is 1. The van der Waals surface area contributed by atoms with Crippen molar-refractivity contribution in [3.8, 4) is 5.75 Å². The number of unbranched alkanes of at least 4 members (excludes halogenated alkanes) is 2. The Bertz CT molecular complexity index is 1150. The molecule has 1 aliphatic rings. The molecule has 0 aliphatic carbocycles. The second-order valence-electron chi connectivity index (χ2n) is 8.33. The van der Waals surface area contributed by atoms with Crippen LogP contribution in [0.4, 0.5) is 0 Å². The van der Waals surface area contributed by atoms with E-state index in [1.807, 2.05) is 54.6 Å². The average molecular weight is 460 g/mol. The van der Waals surface area contributed by atoms with Gasteiger partial charge in [0, 0.05) is 6.54 Å². The summed E-state index contributed by atoms with van der Waals surface area (Å²) in [6, 6.07) is 19.6. The quantitative estimate of drug-likeness (QED) is 0.295. The van der Waals surface area contributed by atoms with Crippen molar-refractivity contribution in [3.63, 3.8) is 0 Å². The Morgan fingerprint density at radius 2 is 1.88 bits per heavy atom. The Labute approximate surface area is 199 Å². The van der Waals surface area contributed by atoms with Crippen molar-refractivity contribution in [2.75, 3.05) is 13.2 Å². The van der Waals surface area contributed by atoms with Gasteiger partial charge in [-0.25, -0.2) is 0 Å². The summed E-state index contributed by atoms with van der Waals surface area (Å²) in [6.07, 6.45) is 5.13. The van der Waals surface area contributed by atoms with Crippen molar-refractivity contribution in [3.05, 3.63) is 101 Å². The average Bonchev–Trinajstić information content (AvgIpc) is 3.49. The van der Waals surface area contributed by atoms with Crippen molar-refractivity contribution in [1.82, 2.24) is 4.90 Å². The highest BCUT2D eigenvalue weighted by atomic mass is 16.5. The molecular formula is C28H29NO5. The van der Waals surface area contributed by atoms with Gasteiger partial charge in [0.1, 0.15) is 5.75 Å². The van der Waals surface area contributed by atoms with Crippen LogP contribution in [0.5, 0.6) is 5.75 Å². The predicted octanol–water partition coefficient (Wildman–Crippen LogP) is 5.67. The van der Waals surface area contributed by atoms with E-state index in [1.165, 1.54) is 12.3 Å². The van der Waals surface area contributed by atoms with Crippen LogP contribution < -0.4 is 4.74 Å². The minimum atomic E-state index is -0.743. The van der Waals surface area contributed by atoms with E-state index in [4.69, 9.17) is 9.15 Å². The normalized spacial score (nSPS) is 15.7. The highest BCUT2D eigenvalue weighted by Gasteiger charge is 2.44. The maximum absolute atomic E-state index is 13.3. The van der Waals surface area contributed by atoms with Crippen molar-refractivity contribution in [2.24, 2.45) is 0 Å². The van der Waals surface area contributed by atoms with Crippen molar-refractivity contribution in [1.29, 1.82) is 0 Å². The number of ether oxygens (including phenoxy) is 1. The van der Waals surface area contributed by atoms with E-state index in [0.29, 0.717) is 30.9 Å². The van der Waals surface area contributed by atoms with Gasteiger partial charge in [0.2, 0.25) is 5.78 Å². The van der Waals surface area contributed by atoms with Crippen LogP contribution >= 0.6 is 0 Å². The Hall–Kier alpha value is -3.80. The molecule has 0 radical (unpaired) electrons. The van der Waals surface area contributed by atoms with Crippen LogP contribution in [0, 0.1) is 0 Å². The molecule has 2 heterocycles. The van der Waals surface area contributed by atoms with Crippen LogP contribution in [0.25, 0.3) is 0 Å². The van der Waals surface area contributed by atoms with Crippen LogP contribution in [0.1, 0.15) is 53.9 Å². The van der Waals surface area contributed by atoms with E-state index in [0.717, 1.165) is 24.8 Å². The number of Topliss-reactive ketones (excluding diaryl/α,β-unsaturated/α-hetero) is 1. The van der Waals surface area contributed by atoms with Crippen molar-refractivity contribution < 1.29 is 23.8 Å². The first kappa shape index (κ1) is 23.4. The first-order valence-corrected chi connectivity index (χ1v) is 11.7. The Morgan fingerprint density at radius 1 is 1.06 bits per heavy atom.